The van der Waals surface area contributed by atoms with Crippen LogP contribution in [0, 0.1) is 5.92 Å². The Morgan fingerprint density at radius 3 is 2.65 bits per heavy atom. The van der Waals surface area contributed by atoms with Gasteiger partial charge in [0.1, 0.15) is 0 Å². The Hall–Kier alpha value is -0.650. The Bertz CT molecular complexity index is 386. The third-order valence-corrected chi connectivity index (χ3v) is 4.16. The lowest BCUT2D eigenvalue weighted by atomic mass is 9.97. The van der Waals surface area contributed by atoms with Crippen molar-refractivity contribution in [3.63, 3.8) is 0 Å². The Labute approximate surface area is 126 Å². The van der Waals surface area contributed by atoms with E-state index >= 15 is 0 Å². The van der Waals surface area contributed by atoms with E-state index in [1.165, 1.54) is 38.5 Å². The van der Waals surface area contributed by atoms with Gasteiger partial charge >= 0.3 is 0 Å². The minimum absolute atomic E-state index is 0. The molecule has 0 bridgehead atoms. The van der Waals surface area contributed by atoms with Gasteiger partial charge in [-0.2, -0.15) is 4.98 Å². The van der Waals surface area contributed by atoms with Crippen LogP contribution in [-0.2, 0) is 11.2 Å². The molecule has 5 nitrogen and oxygen atoms in total. The number of morpholine rings is 1. The lowest BCUT2D eigenvalue weighted by molar-refractivity contribution is 0.0734. The van der Waals surface area contributed by atoms with Crippen molar-refractivity contribution < 1.29 is 9.26 Å². The van der Waals surface area contributed by atoms with Crippen LogP contribution < -0.4 is 5.32 Å². The summed E-state index contributed by atoms with van der Waals surface area (Å²) in [5.41, 5.74) is 0. The zero-order valence-electron chi connectivity index (χ0n) is 11.8. The summed E-state index contributed by atoms with van der Waals surface area (Å²) in [4.78, 5) is 4.54. The fraction of sp³-hybridized carbons (Fsp3) is 0.857. The molecule has 1 aromatic rings. The molecule has 1 unspecified atom stereocenters. The Balaban J connectivity index is 0.00000147. The largest absolute Gasteiger partial charge is 0.378 e. The highest BCUT2D eigenvalue weighted by Crippen LogP contribution is 2.26. The Kier molecular flexibility index (Phi) is 6.26. The van der Waals surface area contributed by atoms with Gasteiger partial charge in [-0.1, -0.05) is 30.8 Å². The van der Waals surface area contributed by atoms with Crippen molar-refractivity contribution in [2.75, 3.05) is 19.8 Å². The molecule has 2 heterocycles. The number of ether oxygens (including phenoxy) is 1. The van der Waals surface area contributed by atoms with E-state index in [0.29, 0.717) is 6.61 Å². The molecule has 2 aliphatic rings. The van der Waals surface area contributed by atoms with E-state index in [1.807, 2.05) is 0 Å². The monoisotopic (exact) mass is 301 g/mol. The number of hydrogen-bond donors (Lipinski definition) is 1. The van der Waals surface area contributed by atoms with Crippen LogP contribution >= 0.6 is 12.4 Å². The predicted molar refractivity (Wildman–Crippen MR) is 78.0 cm³/mol. The van der Waals surface area contributed by atoms with E-state index < -0.39 is 0 Å². The first kappa shape index (κ1) is 15.7. The molecule has 1 aromatic heterocycles. The molecule has 2 fully saturated rings. The summed E-state index contributed by atoms with van der Waals surface area (Å²) in [6, 6.07) is 0.0976. The molecule has 6 heteroatoms. The summed E-state index contributed by atoms with van der Waals surface area (Å²) in [5.74, 6) is 2.28. The minimum Gasteiger partial charge on any atom is -0.378 e. The van der Waals surface area contributed by atoms with Gasteiger partial charge in [0.25, 0.3) is 0 Å². The van der Waals surface area contributed by atoms with Crippen molar-refractivity contribution in [3.05, 3.63) is 11.7 Å². The van der Waals surface area contributed by atoms with Gasteiger partial charge in [0.15, 0.2) is 5.82 Å². The van der Waals surface area contributed by atoms with Crippen molar-refractivity contribution in [1.29, 1.82) is 0 Å². The fourth-order valence-corrected chi connectivity index (χ4v) is 3.04. The molecule has 0 spiro atoms. The van der Waals surface area contributed by atoms with Gasteiger partial charge in [-0.05, 0) is 18.8 Å². The SMILES string of the molecule is C1CCCC(Cc2nc(C3COCCN3)no2)CC1.Cl. The first-order valence-corrected chi connectivity index (χ1v) is 7.55. The summed E-state index contributed by atoms with van der Waals surface area (Å²) in [5, 5.41) is 7.45. The predicted octanol–water partition coefficient (Wildman–Crippen LogP) is 2.67. The van der Waals surface area contributed by atoms with E-state index in [2.05, 4.69) is 15.5 Å². The van der Waals surface area contributed by atoms with E-state index in [-0.39, 0.29) is 18.4 Å². The van der Waals surface area contributed by atoms with Crippen LogP contribution in [0.4, 0.5) is 0 Å². The number of rotatable bonds is 3. The molecule has 1 aliphatic heterocycles. The third-order valence-electron chi connectivity index (χ3n) is 4.16. The van der Waals surface area contributed by atoms with Crippen molar-refractivity contribution in [2.45, 2.75) is 51.0 Å². The highest BCUT2D eigenvalue weighted by atomic mass is 35.5. The molecular formula is C14H24ClN3O2. The van der Waals surface area contributed by atoms with Crippen LogP contribution in [0.5, 0.6) is 0 Å². The van der Waals surface area contributed by atoms with Crippen LogP contribution in [0.15, 0.2) is 4.52 Å². The van der Waals surface area contributed by atoms with E-state index in [9.17, 15) is 0 Å². The van der Waals surface area contributed by atoms with Crippen molar-refractivity contribution in [1.82, 2.24) is 15.5 Å². The summed E-state index contributed by atoms with van der Waals surface area (Å²) < 4.78 is 10.8. The summed E-state index contributed by atoms with van der Waals surface area (Å²) >= 11 is 0. The molecule has 1 N–H and O–H groups in total. The quantitative estimate of drug-likeness (QED) is 0.870. The molecule has 3 rings (SSSR count). The standard InChI is InChI=1S/C14H23N3O2.ClH/c1-2-4-6-11(5-3-1)9-13-16-14(17-19-13)12-10-18-8-7-15-12;/h11-12,15H,1-10H2;1H. The zero-order valence-corrected chi connectivity index (χ0v) is 12.7. The van der Waals surface area contributed by atoms with Gasteiger partial charge in [0, 0.05) is 13.0 Å². The molecule has 114 valence electrons. The molecule has 0 amide bonds. The lowest BCUT2D eigenvalue weighted by Crippen LogP contribution is -2.35. The molecule has 1 aliphatic carbocycles. The van der Waals surface area contributed by atoms with Crippen molar-refractivity contribution >= 4 is 12.4 Å². The smallest absolute Gasteiger partial charge is 0.226 e. The number of halogens is 1. The van der Waals surface area contributed by atoms with E-state index in [4.69, 9.17) is 9.26 Å². The molecule has 1 saturated heterocycles. The Morgan fingerprint density at radius 2 is 1.95 bits per heavy atom. The summed E-state index contributed by atoms with van der Waals surface area (Å²) in [6.45, 7) is 2.27. The van der Waals surface area contributed by atoms with Gasteiger partial charge < -0.3 is 14.6 Å². The molecule has 0 radical (unpaired) electrons. The van der Waals surface area contributed by atoms with Crippen LogP contribution in [0.25, 0.3) is 0 Å². The fourth-order valence-electron chi connectivity index (χ4n) is 3.04. The minimum atomic E-state index is 0. The van der Waals surface area contributed by atoms with Gasteiger partial charge in [0.2, 0.25) is 5.89 Å². The molecule has 1 saturated carbocycles. The molecule has 20 heavy (non-hydrogen) atoms. The maximum absolute atomic E-state index is 5.43. The summed E-state index contributed by atoms with van der Waals surface area (Å²) in [6.07, 6.45) is 9.03. The highest BCUT2D eigenvalue weighted by molar-refractivity contribution is 5.85. The number of aromatic nitrogens is 2. The van der Waals surface area contributed by atoms with Gasteiger partial charge in [-0.25, -0.2) is 0 Å². The first-order chi connectivity index (χ1) is 9.42. The van der Waals surface area contributed by atoms with Gasteiger partial charge in [0.05, 0.1) is 19.3 Å². The first-order valence-electron chi connectivity index (χ1n) is 7.55. The highest BCUT2D eigenvalue weighted by Gasteiger charge is 2.22. The topological polar surface area (TPSA) is 60.2 Å². The average molecular weight is 302 g/mol. The van der Waals surface area contributed by atoms with Gasteiger partial charge in [-0.3, -0.25) is 0 Å². The number of hydrogen-bond acceptors (Lipinski definition) is 5. The van der Waals surface area contributed by atoms with Crippen molar-refractivity contribution in [2.24, 2.45) is 5.92 Å². The summed E-state index contributed by atoms with van der Waals surface area (Å²) in [7, 11) is 0. The normalized spacial score (nSPS) is 24.9. The lowest BCUT2D eigenvalue weighted by Gasteiger charge is -2.20. The third kappa shape index (κ3) is 4.17. The molecule has 1 atom stereocenters. The number of nitrogens with zero attached hydrogens (tertiary/aromatic N) is 2. The second-order valence-electron chi connectivity index (χ2n) is 5.69. The maximum Gasteiger partial charge on any atom is 0.226 e. The van der Waals surface area contributed by atoms with Gasteiger partial charge in [-0.15, -0.1) is 12.4 Å². The van der Waals surface area contributed by atoms with Crippen LogP contribution in [0.2, 0.25) is 0 Å². The van der Waals surface area contributed by atoms with Crippen LogP contribution in [0.1, 0.15) is 56.3 Å². The second-order valence-corrected chi connectivity index (χ2v) is 5.69. The van der Waals surface area contributed by atoms with E-state index in [0.717, 1.165) is 37.2 Å². The van der Waals surface area contributed by atoms with Crippen molar-refractivity contribution in [3.8, 4) is 0 Å². The second kappa shape index (κ2) is 7.96. The van der Waals surface area contributed by atoms with Crippen LogP contribution in [-0.4, -0.2) is 29.9 Å². The van der Waals surface area contributed by atoms with Crippen LogP contribution in [0.3, 0.4) is 0 Å². The molecular weight excluding hydrogens is 278 g/mol. The Morgan fingerprint density at radius 1 is 1.15 bits per heavy atom. The average Bonchev–Trinajstić information content (AvgIpc) is 2.76. The van der Waals surface area contributed by atoms with E-state index in [1.54, 1.807) is 0 Å². The zero-order chi connectivity index (χ0) is 12.9. The maximum atomic E-state index is 5.43. The number of nitrogens with one attached hydrogen (secondary N) is 1. The molecule has 0 aromatic carbocycles.